The molecule has 2 unspecified atom stereocenters. The first-order valence-corrected chi connectivity index (χ1v) is 8.11. The lowest BCUT2D eigenvalue weighted by molar-refractivity contribution is -0.108. The van der Waals surface area contributed by atoms with Crippen LogP contribution in [0.25, 0.3) is 11.0 Å². The van der Waals surface area contributed by atoms with Gasteiger partial charge >= 0.3 is 0 Å². The Bertz CT molecular complexity index is 653. The van der Waals surface area contributed by atoms with E-state index in [1.54, 1.807) is 0 Å². The lowest BCUT2D eigenvalue weighted by Crippen LogP contribution is -2.44. The Morgan fingerprint density at radius 3 is 2.71 bits per heavy atom. The number of para-hydroxylation sites is 1. The molecule has 2 atom stereocenters. The highest BCUT2D eigenvalue weighted by molar-refractivity contribution is 6.34. The van der Waals surface area contributed by atoms with Gasteiger partial charge in [-0.25, -0.2) is 0 Å². The molecule has 0 saturated heterocycles. The Hall–Kier alpha value is -0.990. The Balaban J connectivity index is 2.11. The predicted octanol–water partition coefficient (Wildman–Crippen LogP) is 5.51. The number of fused-ring (bicyclic) bond motifs is 1. The maximum absolute atomic E-state index is 11.4. The number of hydrogen-bond donors (Lipinski definition) is 1. The van der Waals surface area contributed by atoms with Crippen molar-refractivity contribution in [2.24, 2.45) is 11.3 Å². The molecular formula is C18H23ClO2. The molecule has 1 saturated carbocycles. The van der Waals surface area contributed by atoms with Gasteiger partial charge in [0.05, 0.1) is 5.02 Å². The predicted molar refractivity (Wildman–Crippen MR) is 86.5 cm³/mol. The van der Waals surface area contributed by atoms with Crippen LogP contribution < -0.4 is 0 Å². The largest absolute Gasteiger partial charge is 0.456 e. The standard InChI is InChI=1S/C18H23ClO2/c1-17(2,3)14-9-4-5-10-18(14,20)15-11-12-7-6-8-13(19)16(12)21-15/h6-8,11,14,20H,4-5,9-10H2,1-3H3. The first-order valence-electron chi connectivity index (χ1n) is 7.73. The van der Waals surface area contributed by atoms with Crippen molar-refractivity contribution >= 4 is 22.6 Å². The monoisotopic (exact) mass is 306 g/mol. The molecule has 1 aromatic heterocycles. The summed E-state index contributed by atoms with van der Waals surface area (Å²) in [5.74, 6) is 0.864. The number of halogens is 1. The molecule has 1 aromatic carbocycles. The number of furan rings is 1. The molecule has 1 heterocycles. The minimum absolute atomic E-state index is 0.0396. The van der Waals surface area contributed by atoms with Crippen molar-refractivity contribution in [3.05, 3.63) is 35.0 Å². The molecule has 3 rings (SSSR count). The Labute approximate surface area is 131 Å². The van der Waals surface area contributed by atoms with Gasteiger partial charge < -0.3 is 9.52 Å². The number of aliphatic hydroxyl groups is 1. The van der Waals surface area contributed by atoms with Gasteiger partial charge in [-0.05, 0) is 36.3 Å². The molecule has 1 fully saturated rings. The van der Waals surface area contributed by atoms with Gasteiger partial charge in [-0.1, -0.05) is 57.3 Å². The van der Waals surface area contributed by atoms with Crippen molar-refractivity contribution in [3.8, 4) is 0 Å². The Kier molecular flexibility index (Phi) is 3.58. The van der Waals surface area contributed by atoms with Gasteiger partial charge in [0, 0.05) is 5.39 Å². The second kappa shape index (κ2) is 5.03. The van der Waals surface area contributed by atoms with Crippen LogP contribution in [0, 0.1) is 11.3 Å². The van der Waals surface area contributed by atoms with Crippen LogP contribution in [0.3, 0.4) is 0 Å². The van der Waals surface area contributed by atoms with Gasteiger partial charge in [0.2, 0.25) is 0 Å². The van der Waals surface area contributed by atoms with E-state index in [9.17, 15) is 5.11 Å². The van der Waals surface area contributed by atoms with E-state index >= 15 is 0 Å². The molecule has 1 aliphatic rings. The third kappa shape index (κ3) is 2.49. The third-order valence-electron chi connectivity index (χ3n) is 4.85. The summed E-state index contributed by atoms with van der Waals surface area (Å²) in [4.78, 5) is 0. The molecule has 1 aliphatic carbocycles. The van der Waals surface area contributed by atoms with Crippen LogP contribution in [-0.4, -0.2) is 5.11 Å². The van der Waals surface area contributed by atoms with E-state index in [-0.39, 0.29) is 11.3 Å². The zero-order chi connectivity index (χ0) is 15.3. The fourth-order valence-corrected chi connectivity index (χ4v) is 4.06. The van der Waals surface area contributed by atoms with Crippen LogP contribution in [0.5, 0.6) is 0 Å². The highest BCUT2D eigenvalue weighted by atomic mass is 35.5. The average molecular weight is 307 g/mol. The van der Waals surface area contributed by atoms with Crippen molar-refractivity contribution in [1.82, 2.24) is 0 Å². The normalized spacial score (nSPS) is 27.2. The summed E-state index contributed by atoms with van der Waals surface area (Å²) in [5.41, 5.74) is -0.169. The van der Waals surface area contributed by atoms with E-state index in [1.807, 2.05) is 24.3 Å². The summed E-state index contributed by atoms with van der Waals surface area (Å²) in [6, 6.07) is 7.68. The maximum Gasteiger partial charge on any atom is 0.153 e. The highest BCUT2D eigenvalue weighted by Crippen LogP contribution is 2.50. The van der Waals surface area contributed by atoms with Gasteiger partial charge in [0.15, 0.2) is 5.58 Å². The smallest absolute Gasteiger partial charge is 0.153 e. The maximum atomic E-state index is 11.4. The van der Waals surface area contributed by atoms with Crippen LogP contribution in [0.15, 0.2) is 28.7 Å². The van der Waals surface area contributed by atoms with Crippen molar-refractivity contribution in [1.29, 1.82) is 0 Å². The molecule has 1 N–H and O–H groups in total. The van der Waals surface area contributed by atoms with Crippen molar-refractivity contribution in [2.75, 3.05) is 0 Å². The highest BCUT2D eigenvalue weighted by Gasteiger charge is 2.48. The number of hydrogen-bond acceptors (Lipinski definition) is 2. The Morgan fingerprint density at radius 1 is 1.29 bits per heavy atom. The summed E-state index contributed by atoms with van der Waals surface area (Å²) >= 11 is 6.21. The molecule has 2 aromatic rings. The zero-order valence-electron chi connectivity index (χ0n) is 12.9. The molecule has 114 valence electrons. The second-order valence-electron chi connectivity index (χ2n) is 7.36. The topological polar surface area (TPSA) is 33.4 Å². The molecule has 21 heavy (non-hydrogen) atoms. The van der Waals surface area contributed by atoms with E-state index in [1.165, 1.54) is 6.42 Å². The van der Waals surface area contributed by atoms with E-state index in [0.29, 0.717) is 16.4 Å². The molecule has 2 nitrogen and oxygen atoms in total. The minimum atomic E-state index is -0.890. The molecule has 0 spiro atoms. The molecule has 0 aliphatic heterocycles. The van der Waals surface area contributed by atoms with Gasteiger partial charge in [-0.2, -0.15) is 0 Å². The van der Waals surface area contributed by atoms with Gasteiger partial charge in [0.1, 0.15) is 11.4 Å². The van der Waals surface area contributed by atoms with Crippen LogP contribution >= 0.6 is 11.6 Å². The molecule has 0 radical (unpaired) electrons. The van der Waals surface area contributed by atoms with Crippen LogP contribution in [0.1, 0.15) is 52.2 Å². The van der Waals surface area contributed by atoms with Crippen molar-refractivity contribution in [3.63, 3.8) is 0 Å². The van der Waals surface area contributed by atoms with E-state index in [4.69, 9.17) is 16.0 Å². The SMILES string of the molecule is CC(C)(C)C1CCCCC1(O)c1cc2cccc(Cl)c2o1. The first-order chi connectivity index (χ1) is 9.82. The van der Waals surface area contributed by atoms with Crippen LogP contribution in [-0.2, 0) is 5.60 Å². The average Bonchev–Trinajstić information content (AvgIpc) is 2.84. The molecule has 3 heteroatoms. The molecule has 0 bridgehead atoms. The third-order valence-corrected chi connectivity index (χ3v) is 5.14. The summed E-state index contributed by atoms with van der Waals surface area (Å²) in [5, 5.41) is 13.0. The summed E-state index contributed by atoms with van der Waals surface area (Å²) in [7, 11) is 0. The first kappa shape index (κ1) is 14.9. The van der Waals surface area contributed by atoms with Gasteiger partial charge in [-0.15, -0.1) is 0 Å². The van der Waals surface area contributed by atoms with E-state index in [0.717, 1.165) is 24.6 Å². The van der Waals surface area contributed by atoms with Crippen molar-refractivity contribution in [2.45, 2.75) is 52.1 Å². The number of rotatable bonds is 1. The van der Waals surface area contributed by atoms with Crippen LogP contribution in [0.4, 0.5) is 0 Å². The summed E-state index contributed by atoms with van der Waals surface area (Å²) in [6.45, 7) is 6.59. The molecular weight excluding hydrogens is 284 g/mol. The van der Waals surface area contributed by atoms with Crippen LogP contribution in [0.2, 0.25) is 5.02 Å². The van der Waals surface area contributed by atoms with Crippen molar-refractivity contribution < 1.29 is 9.52 Å². The summed E-state index contributed by atoms with van der Waals surface area (Å²) in [6.07, 6.45) is 4.00. The van der Waals surface area contributed by atoms with E-state index in [2.05, 4.69) is 20.8 Å². The fraction of sp³-hybridized carbons (Fsp3) is 0.556. The van der Waals surface area contributed by atoms with E-state index < -0.39 is 5.60 Å². The quantitative estimate of drug-likeness (QED) is 0.753. The number of benzene rings is 1. The fourth-order valence-electron chi connectivity index (χ4n) is 3.84. The lowest BCUT2D eigenvalue weighted by Gasteiger charge is -2.45. The summed E-state index contributed by atoms with van der Waals surface area (Å²) < 4.78 is 5.98. The Morgan fingerprint density at radius 2 is 2.05 bits per heavy atom. The zero-order valence-corrected chi connectivity index (χ0v) is 13.7. The van der Waals surface area contributed by atoms with Gasteiger partial charge in [-0.3, -0.25) is 0 Å². The minimum Gasteiger partial charge on any atom is -0.456 e. The second-order valence-corrected chi connectivity index (χ2v) is 7.76. The van der Waals surface area contributed by atoms with Gasteiger partial charge in [0.25, 0.3) is 0 Å². The molecule has 0 amide bonds. The lowest BCUT2D eigenvalue weighted by atomic mass is 9.63.